The molecule has 1 aliphatic carbocycles. The average Bonchev–Trinajstić information content (AvgIpc) is 3.10. The monoisotopic (exact) mass is 435 g/mol. The van der Waals surface area contributed by atoms with Crippen molar-refractivity contribution in [2.45, 2.75) is 18.9 Å². The van der Waals surface area contributed by atoms with Crippen LogP contribution in [0.2, 0.25) is 5.02 Å². The highest BCUT2D eigenvalue weighted by molar-refractivity contribution is 6.31. The summed E-state index contributed by atoms with van der Waals surface area (Å²) in [5.41, 5.74) is 5.29. The molecule has 0 spiro atoms. The van der Waals surface area contributed by atoms with Gasteiger partial charge in [0.2, 0.25) is 0 Å². The molecule has 158 valence electrons. The van der Waals surface area contributed by atoms with Crippen molar-refractivity contribution in [1.82, 2.24) is 4.90 Å². The van der Waals surface area contributed by atoms with Gasteiger partial charge in [0.25, 0.3) is 0 Å². The van der Waals surface area contributed by atoms with Crippen LogP contribution in [0.15, 0.2) is 72.8 Å². The summed E-state index contributed by atoms with van der Waals surface area (Å²) in [5.74, 6) is -1.03. The normalized spacial score (nSPS) is 12.2. The summed E-state index contributed by atoms with van der Waals surface area (Å²) in [7, 11) is 0. The number of carboxylic acid groups (broad SMARTS) is 1. The molecule has 5 nitrogen and oxygen atoms in total. The number of rotatable bonds is 7. The zero-order valence-corrected chi connectivity index (χ0v) is 17.6. The van der Waals surface area contributed by atoms with Crippen LogP contribution in [0, 0.1) is 0 Å². The number of ether oxygens (including phenoxy) is 1. The number of nitrogens with zero attached hydrogens (tertiary/aromatic N) is 1. The topological polar surface area (TPSA) is 66.8 Å². The Bertz CT molecular complexity index is 1070. The van der Waals surface area contributed by atoms with Crippen molar-refractivity contribution in [2.75, 3.05) is 13.2 Å². The van der Waals surface area contributed by atoms with Crippen molar-refractivity contribution in [1.29, 1.82) is 0 Å². The second-order valence-corrected chi connectivity index (χ2v) is 7.87. The average molecular weight is 436 g/mol. The Balaban J connectivity index is 1.51. The van der Waals surface area contributed by atoms with Crippen LogP contribution < -0.4 is 0 Å². The molecule has 1 aliphatic rings. The highest BCUT2D eigenvalue weighted by Gasteiger charge is 2.29. The molecule has 3 aromatic carbocycles. The largest absolute Gasteiger partial charge is 0.481 e. The van der Waals surface area contributed by atoms with Crippen LogP contribution in [0.25, 0.3) is 11.1 Å². The van der Waals surface area contributed by atoms with Gasteiger partial charge in [-0.2, -0.15) is 0 Å². The molecule has 0 saturated carbocycles. The van der Waals surface area contributed by atoms with E-state index in [1.54, 1.807) is 12.1 Å². The van der Waals surface area contributed by atoms with Crippen LogP contribution in [0.3, 0.4) is 0 Å². The van der Waals surface area contributed by atoms with Crippen LogP contribution in [-0.2, 0) is 16.1 Å². The van der Waals surface area contributed by atoms with Crippen molar-refractivity contribution < 1.29 is 19.4 Å². The van der Waals surface area contributed by atoms with Gasteiger partial charge < -0.3 is 14.7 Å². The maximum absolute atomic E-state index is 12.9. The number of hydrogen-bond acceptors (Lipinski definition) is 3. The summed E-state index contributed by atoms with van der Waals surface area (Å²) in [6, 6.07) is 23.4. The number of hydrogen-bond donors (Lipinski definition) is 1. The van der Waals surface area contributed by atoms with E-state index in [9.17, 15) is 9.59 Å². The second kappa shape index (κ2) is 9.23. The SMILES string of the molecule is O=C(O)CCN(Cc1ccccc1Cl)C(=O)OCC1c2ccccc2-c2ccccc21. The first-order valence-corrected chi connectivity index (χ1v) is 10.5. The van der Waals surface area contributed by atoms with Gasteiger partial charge in [-0.25, -0.2) is 4.79 Å². The quantitative estimate of drug-likeness (QED) is 0.527. The number of carbonyl (C=O) groups excluding carboxylic acids is 1. The molecule has 0 fully saturated rings. The first kappa shape index (κ1) is 20.9. The van der Waals surface area contributed by atoms with Crippen molar-refractivity contribution in [3.05, 3.63) is 94.5 Å². The summed E-state index contributed by atoms with van der Waals surface area (Å²) in [4.78, 5) is 25.4. The third-order valence-corrected chi connectivity index (χ3v) is 5.88. The highest BCUT2D eigenvalue weighted by atomic mass is 35.5. The highest BCUT2D eigenvalue weighted by Crippen LogP contribution is 2.44. The lowest BCUT2D eigenvalue weighted by atomic mass is 9.98. The van der Waals surface area contributed by atoms with E-state index in [1.807, 2.05) is 36.4 Å². The van der Waals surface area contributed by atoms with Gasteiger partial charge in [0, 0.05) is 17.5 Å². The minimum Gasteiger partial charge on any atom is -0.481 e. The van der Waals surface area contributed by atoms with Gasteiger partial charge in [0.15, 0.2) is 0 Å². The Labute approximate surface area is 185 Å². The Morgan fingerprint density at radius 3 is 2.10 bits per heavy atom. The van der Waals surface area contributed by atoms with Crippen LogP contribution in [0.5, 0.6) is 0 Å². The number of carbonyl (C=O) groups is 2. The van der Waals surface area contributed by atoms with Crippen molar-refractivity contribution >= 4 is 23.7 Å². The van der Waals surface area contributed by atoms with E-state index < -0.39 is 12.1 Å². The number of fused-ring (bicyclic) bond motifs is 3. The molecule has 0 saturated heterocycles. The molecule has 0 unspecified atom stereocenters. The molecule has 4 rings (SSSR count). The van der Waals surface area contributed by atoms with Crippen molar-refractivity contribution in [3.63, 3.8) is 0 Å². The number of amides is 1. The van der Waals surface area contributed by atoms with Crippen molar-refractivity contribution in [2.24, 2.45) is 0 Å². The van der Waals surface area contributed by atoms with Crippen LogP contribution in [0.1, 0.15) is 29.0 Å². The molecular formula is C25H22ClNO4. The maximum Gasteiger partial charge on any atom is 0.410 e. The van der Waals surface area contributed by atoms with E-state index in [2.05, 4.69) is 24.3 Å². The second-order valence-electron chi connectivity index (χ2n) is 7.46. The predicted molar refractivity (Wildman–Crippen MR) is 119 cm³/mol. The lowest BCUT2D eigenvalue weighted by Gasteiger charge is -2.23. The first-order chi connectivity index (χ1) is 15.0. The summed E-state index contributed by atoms with van der Waals surface area (Å²) in [5, 5.41) is 9.60. The van der Waals surface area contributed by atoms with Gasteiger partial charge in [-0.3, -0.25) is 4.79 Å². The molecule has 0 heterocycles. The van der Waals surface area contributed by atoms with E-state index in [0.717, 1.165) is 27.8 Å². The molecule has 0 radical (unpaired) electrons. The fourth-order valence-electron chi connectivity index (χ4n) is 3.98. The van der Waals surface area contributed by atoms with Crippen LogP contribution in [0.4, 0.5) is 4.79 Å². The van der Waals surface area contributed by atoms with Crippen LogP contribution >= 0.6 is 11.6 Å². The van der Waals surface area contributed by atoms with Gasteiger partial charge in [-0.15, -0.1) is 0 Å². The van der Waals surface area contributed by atoms with E-state index in [1.165, 1.54) is 4.90 Å². The lowest BCUT2D eigenvalue weighted by Crippen LogP contribution is -2.34. The molecule has 3 aromatic rings. The fraction of sp³-hybridized carbons (Fsp3) is 0.200. The van der Waals surface area contributed by atoms with E-state index in [-0.39, 0.29) is 32.0 Å². The Morgan fingerprint density at radius 2 is 1.48 bits per heavy atom. The molecule has 0 atom stereocenters. The summed E-state index contributed by atoms with van der Waals surface area (Å²) in [6.45, 7) is 0.403. The maximum atomic E-state index is 12.9. The van der Waals surface area contributed by atoms with Gasteiger partial charge >= 0.3 is 12.1 Å². The number of halogens is 1. The predicted octanol–water partition coefficient (Wildman–Crippen LogP) is 5.57. The summed E-state index contributed by atoms with van der Waals surface area (Å²) < 4.78 is 5.70. The fourth-order valence-corrected chi connectivity index (χ4v) is 4.18. The Kier molecular flexibility index (Phi) is 6.23. The lowest BCUT2D eigenvalue weighted by molar-refractivity contribution is -0.137. The van der Waals surface area contributed by atoms with Gasteiger partial charge in [-0.1, -0.05) is 78.3 Å². The van der Waals surface area contributed by atoms with Crippen LogP contribution in [-0.4, -0.2) is 35.2 Å². The molecule has 1 amide bonds. The van der Waals surface area contributed by atoms with E-state index >= 15 is 0 Å². The minimum absolute atomic E-state index is 0.0389. The molecular weight excluding hydrogens is 414 g/mol. The third-order valence-electron chi connectivity index (χ3n) is 5.51. The third kappa shape index (κ3) is 4.57. The molecule has 0 aliphatic heterocycles. The minimum atomic E-state index is -0.976. The number of aliphatic carboxylic acids is 1. The molecule has 31 heavy (non-hydrogen) atoms. The smallest absolute Gasteiger partial charge is 0.410 e. The van der Waals surface area contributed by atoms with Gasteiger partial charge in [-0.05, 0) is 33.9 Å². The van der Waals surface area contributed by atoms with Gasteiger partial charge in [0.1, 0.15) is 6.61 Å². The van der Waals surface area contributed by atoms with Crippen molar-refractivity contribution in [3.8, 4) is 11.1 Å². The number of benzene rings is 3. The number of carboxylic acids is 1. The summed E-state index contributed by atoms with van der Waals surface area (Å²) >= 11 is 6.23. The Morgan fingerprint density at radius 1 is 0.903 bits per heavy atom. The zero-order chi connectivity index (χ0) is 21.8. The van der Waals surface area contributed by atoms with Gasteiger partial charge in [0.05, 0.1) is 13.0 Å². The van der Waals surface area contributed by atoms with E-state index in [4.69, 9.17) is 21.4 Å². The first-order valence-electron chi connectivity index (χ1n) is 10.1. The molecule has 0 aromatic heterocycles. The molecule has 6 heteroatoms. The summed E-state index contributed by atoms with van der Waals surface area (Å²) in [6.07, 6.45) is -0.725. The molecule has 0 bridgehead atoms. The van der Waals surface area contributed by atoms with E-state index in [0.29, 0.717) is 5.02 Å². The molecule has 1 N–H and O–H groups in total. The Hall–Kier alpha value is -3.31. The standard InChI is InChI=1S/C25H22ClNO4/c26-23-12-6-1-7-17(23)15-27(14-13-24(28)29)25(30)31-16-22-20-10-4-2-8-18(20)19-9-3-5-11-21(19)22/h1-12,22H,13-16H2,(H,28,29). The zero-order valence-electron chi connectivity index (χ0n) is 16.8.